The zero-order chi connectivity index (χ0) is 36.1. The Morgan fingerprint density at radius 1 is 1.12 bits per heavy atom. The minimum Gasteiger partial charge on any atom is -0.394 e. The first-order valence-electron chi connectivity index (χ1n) is 18.0. The molecule has 9 nitrogen and oxygen atoms in total. The van der Waals surface area contributed by atoms with E-state index in [9.17, 15) is 19.5 Å². The van der Waals surface area contributed by atoms with Gasteiger partial charge in [0.25, 0.3) is 5.91 Å². The average Bonchev–Trinajstić information content (AvgIpc) is 3.54. The van der Waals surface area contributed by atoms with Gasteiger partial charge in [-0.15, -0.1) is 0 Å². The fourth-order valence-corrected chi connectivity index (χ4v) is 11.6. The smallest absolute Gasteiger partial charge is 0.264 e. The number of piperidine rings is 1. The predicted molar refractivity (Wildman–Crippen MR) is 198 cm³/mol. The van der Waals surface area contributed by atoms with Gasteiger partial charge in [-0.25, -0.2) is 0 Å². The third-order valence-corrected chi connectivity index (χ3v) is 14.1. The SMILES string of the molecule is C[C@@H]1[C@@H]([Si](C)(C)F)[C@H](CC(=O)N2Cc3ccccc3C[C@H]2CO)O[C@@]12C(=O)N(Cc1ccc(NC(=O)C3CCCNC3)cc1)c1ccc(Cl)cc12. The van der Waals surface area contributed by atoms with Gasteiger partial charge in [-0.2, -0.15) is 0 Å². The molecular formula is C39H46ClFN4O5Si. The summed E-state index contributed by atoms with van der Waals surface area (Å²) in [6.45, 7) is 7.07. The molecule has 270 valence electrons. The number of anilines is 2. The molecule has 7 rings (SSSR count). The van der Waals surface area contributed by atoms with Crippen LogP contribution in [0.15, 0.2) is 66.7 Å². The summed E-state index contributed by atoms with van der Waals surface area (Å²) < 4.78 is 23.3. The minimum atomic E-state index is -3.52. The summed E-state index contributed by atoms with van der Waals surface area (Å²) in [6, 6.07) is 20.2. The van der Waals surface area contributed by atoms with E-state index in [2.05, 4.69) is 10.6 Å². The van der Waals surface area contributed by atoms with E-state index in [4.69, 9.17) is 16.3 Å². The summed E-state index contributed by atoms with van der Waals surface area (Å²) in [5, 5.41) is 17.0. The number of ether oxygens (including phenoxy) is 1. The molecule has 3 aromatic carbocycles. The summed E-state index contributed by atoms with van der Waals surface area (Å²) in [6.07, 6.45) is 1.39. The van der Waals surface area contributed by atoms with Crippen LogP contribution < -0.4 is 15.5 Å². The van der Waals surface area contributed by atoms with Crippen LogP contribution in [-0.2, 0) is 44.2 Å². The summed E-state index contributed by atoms with van der Waals surface area (Å²) in [5.74, 6) is -1.21. The Kier molecular flexibility index (Phi) is 9.88. The number of aliphatic hydroxyl groups excluding tert-OH is 1. The lowest BCUT2D eigenvalue weighted by Gasteiger charge is -2.37. The number of benzene rings is 3. The lowest BCUT2D eigenvalue weighted by atomic mass is 9.82. The van der Waals surface area contributed by atoms with E-state index in [0.717, 1.165) is 36.1 Å². The van der Waals surface area contributed by atoms with Crippen molar-refractivity contribution in [3.63, 3.8) is 0 Å². The van der Waals surface area contributed by atoms with Crippen LogP contribution in [0.2, 0.25) is 23.7 Å². The van der Waals surface area contributed by atoms with Crippen molar-refractivity contribution in [2.45, 2.75) is 82.1 Å². The second kappa shape index (κ2) is 14.1. The summed E-state index contributed by atoms with van der Waals surface area (Å²) in [4.78, 5) is 45.0. The van der Waals surface area contributed by atoms with E-state index < -0.39 is 37.6 Å². The van der Waals surface area contributed by atoms with E-state index in [1.807, 2.05) is 55.5 Å². The maximum absolute atomic E-state index is 16.4. The zero-order valence-electron chi connectivity index (χ0n) is 29.3. The molecule has 4 aliphatic rings. The Bertz CT molecular complexity index is 1820. The molecule has 4 aliphatic heterocycles. The van der Waals surface area contributed by atoms with Gasteiger partial charge in [0.15, 0.2) is 5.60 Å². The standard InChI is InChI=1S/C39H46ClFN4O5Si/c1-24-36(51(2,3)41)34(19-35(47)44-22-28-8-5-4-7-26(28)17-31(44)23-46)50-39(24)32-18-29(40)12-15-33(32)45(38(39)49)21-25-10-13-30(14-11-25)43-37(48)27-9-6-16-42-20-27/h4-5,7-8,10-15,18,24,27,31,34,36,42,46H,6,9,16-17,19-23H2,1-3H3,(H,43,48)/t24-,27?,31+,34+,36-,39+/m1/s1. The van der Waals surface area contributed by atoms with Crippen LogP contribution in [0.25, 0.3) is 0 Å². The molecule has 1 spiro atoms. The van der Waals surface area contributed by atoms with Gasteiger partial charge in [-0.3, -0.25) is 14.4 Å². The molecule has 6 atom stereocenters. The fraction of sp³-hybridized carbons (Fsp3) is 0.462. The molecule has 0 aliphatic carbocycles. The third-order valence-electron chi connectivity index (χ3n) is 11.4. The predicted octanol–water partition coefficient (Wildman–Crippen LogP) is 5.94. The lowest BCUT2D eigenvalue weighted by molar-refractivity contribution is -0.151. The number of hydrogen-bond acceptors (Lipinski definition) is 6. The van der Waals surface area contributed by atoms with Gasteiger partial charge >= 0.3 is 0 Å². The first-order chi connectivity index (χ1) is 24.4. The van der Waals surface area contributed by atoms with Crippen LogP contribution in [-0.4, -0.2) is 68.0 Å². The van der Waals surface area contributed by atoms with Crippen LogP contribution in [0.5, 0.6) is 0 Å². The molecule has 12 heteroatoms. The molecule has 2 saturated heterocycles. The van der Waals surface area contributed by atoms with Gasteiger partial charge in [0.2, 0.25) is 20.2 Å². The molecule has 1 unspecified atom stereocenters. The van der Waals surface area contributed by atoms with Crippen molar-refractivity contribution in [2.24, 2.45) is 11.8 Å². The van der Waals surface area contributed by atoms with E-state index >= 15 is 4.11 Å². The van der Waals surface area contributed by atoms with Gasteiger partial charge in [0, 0.05) is 40.8 Å². The maximum Gasteiger partial charge on any atom is 0.264 e. The van der Waals surface area contributed by atoms with Gasteiger partial charge in [-0.1, -0.05) is 54.9 Å². The molecular weight excluding hydrogens is 687 g/mol. The molecule has 0 radical (unpaired) electrons. The monoisotopic (exact) mass is 732 g/mol. The first-order valence-corrected chi connectivity index (χ1v) is 21.3. The zero-order valence-corrected chi connectivity index (χ0v) is 31.1. The van der Waals surface area contributed by atoms with Crippen molar-refractivity contribution in [1.29, 1.82) is 0 Å². The Hall–Kier alpha value is -3.61. The van der Waals surface area contributed by atoms with Crippen molar-refractivity contribution in [1.82, 2.24) is 10.2 Å². The lowest BCUT2D eigenvalue weighted by Crippen LogP contribution is -2.48. The fourth-order valence-electron chi connectivity index (χ4n) is 8.90. The molecule has 0 aromatic heterocycles. The number of hydrogen-bond donors (Lipinski definition) is 3. The number of nitrogens with one attached hydrogen (secondary N) is 2. The number of aliphatic hydroxyl groups is 1. The number of carbonyl (C=O) groups is 3. The number of nitrogens with zero attached hydrogens (tertiary/aromatic N) is 2. The second-order valence-electron chi connectivity index (χ2n) is 15.1. The summed E-state index contributed by atoms with van der Waals surface area (Å²) >= 11 is 6.55. The first kappa shape index (κ1) is 35.8. The van der Waals surface area contributed by atoms with Crippen molar-refractivity contribution in [2.75, 3.05) is 29.9 Å². The van der Waals surface area contributed by atoms with Crippen molar-refractivity contribution in [3.8, 4) is 0 Å². The number of amides is 3. The highest BCUT2D eigenvalue weighted by molar-refractivity contribution is 6.72. The van der Waals surface area contributed by atoms with Crippen LogP contribution >= 0.6 is 11.6 Å². The van der Waals surface area contributed by atoms with Crippen LogP contribution in [0.1, 0.15) is 48.4 Å². The van der Waals surface area contributed by atoms with E-state index in [-0.39, 0.29) is 43.2 Å². The van der Waals surface area contributed by atoms with Crippen LogP contribution in [0.3, 0.4) is 0 Å². The van der Waals surface area contributed by atoms with Gasteiger partial charge in [-0.05, 0) is 85.9 Å². The molecule has 4 heterocycles. The minimum absolute atomic E-state index is 0.0105. The molecule has 51 heavy (non-hydrogen) atoms. The molecule has 3 aromatic rings. The average molecular weight is 733 g/mol. The number of fused-ring (bicyclic) bond motifs is 3. The molecule has 3 N–H and O–H groups in total. The maximum atomic E-state index is 16.4. The highest BCUT2D eigenvalue weighted by Crippen LogP contribution is 2.60. The summed E-state index contributed by atoms with van der Waals surface area (Å²) in [5.41, 5.74) is 2.67. The van der Waals surface area contributed by atoms with Crippen molar-refractivity contribution in [3.05, 3.63) is 94.0 Å². The third kappa shape index (κ3) is 6.63. The Labute approximate surface area is 304 Å². The molecule has 3 amide bonds. The number of carbonyl (C=O) groups excluding carboxylic acids is 3. The highest BCUT2D eigenvalue weighted by Gasteiger charge is 2.67. The Morgan fingerprint density at radius 3 is 2.55 bits per heavy atom. The topological polar surface area (TPSA) is 111 Å². The van der Waals surface area contributed by atoms with Crippen LogP contribution in [0.4, 0.5) is 15.5 Å². The van der Waals surface area contributed by atoms with Gasteiger partial charge < -0.3 is 34.4 Å². The number of rotatable bonds is 8. The quantitative estimate of drug-likeness (QED) is 0.196. The largest absolute Gasteiger partial charge is 0.394 e. The van der Waals surface area contributed by atoms with Crippen LogP contribution in [0, 0.1) is 11.8 Å². The Morgan fingerprint density at radius 2 is 1.86 bits per heavy atom. The van der Waals surface area contributed by atoms with Crippen molar-refractivity contribution >= 4 is 49.1 Å². The Balaban J connectivity index is 1.15. The normalized spacial score (nSPS) is 27.4. The molecule has 2 fully saturated rings. The second-order valence-corrected chi connectivity index (χ2v) is 19.3. The van der Waals surface area contributed by atoms with Gasteiger partial charge in [0.05, 0.1) is 43.3 Å². The highest BCUT2D eigenvalue weighted by atomic mass is 35.5. The van der Waals surface area contributed by atoms with E-state index in [0.29, 0.717) is 41.5 Å². The summed E-state index contributed by atoms with van der Waals surface area (Å²) in [7, 11) is -3.52. The molecule has 0 saturated carbocycles. The number of halogens is 2. The van der Waals surface area contributed by atoms with E-state index in [1.54, 1.807) is 41.1 Å². The van der Waals surface area contributed by atoms with Crippen molar-refractivity contribution < 1.29 is 28.3 Å². The van der Waals surface area contributed by atoms with E-state index in [1.165, 1.54) is 0 Å². The van der Waals surface area contributed by atoms with Gasteiger partial charge in [0.1, 0.15) is 0 Å². The molecule has 0 bridgehead atoms.